The molecule has 5 N–H and O–H groups in total. The number of nitrogens with zero attached hydrogens (tertiary/aromatic N) is 5. The highest BCUT2D eigenvalue weighted by atomic mass is 16.6. The van der Waals surface area contributed by atoms with E-state index in [1.54, 1.807) is 0 Å². The highest BCUT2D eigenvalue weighted by Crippen LogP contribution is 2.31. The molecule has 10 nitrogen and oxygen atoms in total. The van der Waals surface area contributed by atoms with Crippen molar-refractivity contribution in [3.63, 3.8) is 0 Å². The van der Waals surface area contributed by atoms with E-state index in [1.807, 2.05) is 0 Å². The van der Waals surface area contributed by atoms with Gasteiger partial charge >= 0.3 is 0 Å². The molecule has 1 fully saturated rings. The first-order chi connectivity index (χ1) is 9.63. The highest BCUT2D eigenvalue weighted by Gasteiger charge is 2.43. The summed E-state index contributed by atoms with van der Waals surface area (Å²) in [5.74, 6) is 0.204. The molecule has 20 heavy (non-hydrogen) atoms. The van der Waals surface area contributed by atoms with Crippen LogP contribution in [0.15, 0.2) is 17.8 Å². The minimum atomic E-state index is -1.23. The van der Waals surface area contributed by atoms with Crippen LogP contribution >= 0.6 is 0 Å². The number of hydrogen-bond acceptors (Lipinski definition) is 9. The molecule has 1 aliphatic heterocycles. The van der Waals surface area contributed by atoms with Gasteiger partial charge < -0.3 is 25.9 Å². The minimum absolute atomic E-state index is 0.204. The molecule has 1 saturated heterocycles. The zero-order chi connectivity index (χ0) is 14.3. The largest absolute Gasteiger partial charge is 0.411 e. The number of aliphatic hydroxyl groups excluding tert-OH is 2. The van der Waals surface area contributed by atoms with Crippen LogP contribution in [0, 0.1) is 0 Å². The van der Waals surface area contributed by atoms with Crippen molar-refractivity contribution in [2.45, 2.75) is 24.5 Å². The lowest BCUT2D eigenvalue weighted by Gasteiger charge is -2.16. The molecular weight excluding hydrogens is 268 g/mol. The molecule has 3 heterocycles. The summed E-state index contributed by atoms with van der Waals surface area (Å²) in [6, 6.07) is 0. The van der Waals surface area contributed by atoms with E-state index >= 15 is 0 Å². The zero-order valence-corrected chi connectivity index (χ0v) is 10.1. The van der Waals surface area contributed by atoms with Crippen molar-refractivity contribution < 1.29 is 20.2 Å². The SMILES string of the molecule is Nc1ncnc2c1ncn2[C@@H]1O[C@H](/C=N/O)[C@@H](O)[C@H]1O. The first kappa shape index (κ1) is 12.7. The average molecular weight is 280 g/mol. The van der Waals surface area contributed by atoms with Gasteiger partial charge in [0.2, 0.25) is 0 Å². The fourth-order valence-electron chi connectivity index (χ4n) is 2.16. The van der Waals surface area contributed by atoms with Gasteiger partial charge in [0.25, 0.3) is 0 Å². The first-order valence-corrected chi connectivity index (χ1v) is 5.75. The molecule has 4 atom stereocenters. The molecule has 0 spiro atoms. The van der Waals surface area contributed by atoms with Crippen molar-refractivity contribution in [2.75, 3.05) is 5.73 Å². The summed E-state index contributed by atoms with van der Waals surface area (Å²) in [6.45, 7) is 0. The highest BCUT2D eigenvalue weighted by molar-refractivity contribution is 5.81. The normalized spacial score (nSPS) is 30.5. The number of aliphatic hydroxyl groups is 2. The molecule has 3 rings (SSSR count). The smallest absolute Gasteiger partial charge is 0.167 e. The Kier molecular flexibility index (Phi) is 2.97. The average Bonchev–Trinajstić information content (AvgIpc) is 2.97. The number of oxime groups is 1. The van der Waals surface area contributed by atoms with E-state index in [0.29, 0.717) is 11.2 Å². The Labute approximate surface area is 112 Å². The number of rotatable bonds is 2. The van der Waals surface area contributed by atoms with Gasteiger partial charge in [0.1, 0.15) is 30.2 Å². The fourth-order valence-corrected chi connectivity index (χ4v) is 2.16. The van der Waals surface area contributed by atoms with Crippen molar-refractivity contribution in [3.8, 4) is 0 Å². The van der Waals surface area contributed by atoms with Crippen LogP contribution in [-0.2, 0) is 4.74 Å². The number of ether oxygens (including phenoxy) is 1. The molecule has 10 heteroatoms. The molecule has 2 aromatic heterocycles. The van der Waals surface area contributed by atoms with E-state index in [1.165, 1.54) is 17.2 Å². The van der Waals surface area contributed by atoms with Gasteiger partial charge in [-0.15, -0.1) is 0 Å². The van der Waals surface area contributed by atoms with Crippen molar-refractivity contribution in [3.05, 3.63) is 12.7 Å². The van der Waals surface area contributed by atoms with E-state index in [4.69, 9.17) is 15.7 Å². The maximum Gasteiger partial charge on any atom is 0.167 e. The number of nitrogen functional groups attached to an aromatic ring is 1. The zero-order valence-electron chi connectivity index (χ0n) is 10.1. The van der Waals surface area contributed by atoms with Gasteiger partial charge in [0, 0.05) is 0 Å². The number of fused-ring (bicyclic) bond motifs is 1. The monoisotopic (exact) mass is 280 g/mol. The van der Waals surface area contributed by atoms with Crippen LogP contribution in [0.4, 0.5) is 5.82 Å². The molecule has 0 aromatic carbocycles. The Morgan fingerprint density at radius 3 is 2.85 bits per heavy atom. The summed E-state index contributed by atoms with van der Waals surface area (Å²) < 4.78 is 6.87. The third-order valence-electron chi connectivity index (χ3n) is 3.15. The van der Waals surface area contributed by atoms with Crippen molar-refractivity contribution >= 4 is 23.2 Å². The lowest BCUT2D eigenvalue weighted by molar-refractivity contribution is -0.0214. The summed E-state index contributed by atoms with van der Waals surface area (Å²) in [6.07, 6.45) is -0.672. The number of anilines is 1. The van der Waals surface area contributed by atoms with Gasteiger partial charge in [0.05, 0.1) is 12.5 Å². The maximum atomic E-state index is 10.0. The van der Waals surface area contributed by atoms with Gasteiger partial charge in [-0.3, -0.25) is 4.57 Å². The third-order valence-corrected chi connectivity index (χ3v) is 3.15. The van der Waals surface area contributed by atoms with Crippen LogP contribution in [0.5, 0.6) is 0 Å². The Bertz CT molecular complexity index is 658. The summed E-state index contributed by atoms with van der Waals surface area (Å²) in [7, 11) is 0. The second-order valence-corrected chi connectivity index (χ2v) is 4.32. The number of nitrogens with two attached hydrogens (primary N) is 1. The van der Waals surface area contributed by atoms with Gasteiger partial charge in [-0.2, -0.15) is 0 Å². The van der Waals surface area contributed by atoms with E-state index < -0.39 is 24.5 Å². The predicted octanol–water partition coefficient (Wildman–Crippen LogP) is -1.51. The molecule has 0 aliphatic carbocycles. The summed E-state index contributed by atoms with van der Waals surface area (Å²) in [5, 5.41) is 31.1. The number of hydrogen-bond donors (Lipinski definition) is 4. The van der Waals surface area contributed by atoms with E-state index in [9.17, 15) is 10.2 Å². The summed E-state index contributed by atoms with van der Waals surface area (Å²) >= 11 is 0. The van der Waals surface area contributed by atoms with E-state index in [0.717, 1.165) is 6.21 Å². The molecule has 0 amide bonds. The summed E-state index contributed by atoms with van der Waals surface area (Å²) in [4.78, 5) is 11.9. The molecular formula is C10H12N6O4. The van der Waals surface area contributed by atoms with Crippen LogP contribution in [-0.4, -0.2) is 59.5 Å². The van der Waals surface area contributed by atoms with Crippen LogP contribution < -0.4 is 5.73 Å². The van der Waals surface area contributed by atoms with E-state index in [-0.39, 0.29) is 5.82 Å². The standard InChI is InChI=1S/C10H12N6O4/c11-8-5-9(13-2-12-8)16(3-14-5)10-7(18)6(17)4(20-10)1-15-19/h1-4,6-7,10,17-19H,(H2,11,12,13)/b15-1+/t4-,6-,7-,10-/m1/s1. The Hall–Kier alpha value is -2.30. The van der Waals surface area contributed by atoms with Crippen LogP contribution in [0.1, 0.15) is 6.23 Å². The Morgan fingerprint density at radius 2 is 2.10 bits per heavy atom. The van der Waals surface area contributed by atoms with E-state index in [2.05, 4.69) is 20.1 Å². The lowest BCUT2D eigenvalue weighted by atomic mass is 10.1. The molecule has 0 saturated carbocycles. The van der Waals surface area contributed by atoms with Crippen molar-refractivity contribution in [2.24, 2.45) is 5.16 Å². The van der Waals surface area contributed by atoms with Gasteiger partial charge in [-0.1, -0.05) is 5.16 Å². The first-order valence-electron chi connectivity index (χ1n) is 5.75. The fraction of sp³-hybridized carbons (Fsp3) is 0.400. The van der Waals surface area contributed by atoms with Gasteiger partial charge in [-0.05, 0) is 0 Å². The number of imidazole rings is 1. The molecule has 0 unspecified atom stereocenters. The van der Waals surface area contributed by atoms with Crippen molar-refractivity contribution in [1.82, 2.24) is 19.5 Å². The third kappa shape index (κ3) is 1.78. The van der Waals surface area contributed by atoms with Crippen LogP contribution in [0.2, 0.25) is 0 Å². The molecule has 0 radical (unpaired) electrons. The molecule has 2 aromatic rings. The topological polar surface area (TPSA) is 152 Å². The predicted molar refractivity (Wildman–Crippen MR) is 65.9 cm³/mol. The second kappa shape index (κ2) is 4.67. The molecule has 1 aliphatic rings. The second-order valence-electron chi connectivity index (χ2n) is 4.32. The molecule has 106 valence electrons. The van der Waals surface area contributed by atoms with Crippen LogP contribution in [0.25, 0.3) is 11.2 Å². The molecule has 0 bridgehead atoms. The van der Waals surface area contributed by atoms with Gasteiger partial charge in [-0.25, -0.2) is 15.0 Å². The van der Waals surface area contributed by atoms with Gasteiger partial charge in [0.15, 0.2) is 17.7 Å². The summed E-state index contributed by atoms with van der Waals surface area (Å²) in [5.41, 5.74) is 6.41. The minimum Gasteiger partial charge on any atom is -0.411 e. The lowest BCUT2D eigenvalue weighted by Crippen LogP contribution is -2.32. The Balaban J connectivity index is 2.02. The number of aromatic nitrogens is 4. The maximum absolute atomic E-state index is 10.0. The Morgan fingerprint density at radius 1 is 1.30 bits per heavy atom. The van der Waals surface area contributed by atoms with Crippen LogP contribution in [0.3, 0.4) is 0 Å². The quantitative estimate of drug-likeness (QED) is 0.294. The van der Waals surface area contributed by atoms with Crippen molar-refractivity contribution in [1.29, 1.82) is 0 Å².